The minimum absolute atomic E-state index is 0.0246. The molecule has 0 unspecified atom stereocenters. The summed E-state index contributed by atoms with van der Waals surface area (Å²) in [5.41, 5.74) is 3.73. The van der Waals surface area contributed by atoms with Crippen LogP contribution in [0.5, 0.6) is 0 Å². The molecule has 2 aliphatic carbocycles. The van der Waals surface area contributed by atoms with Crippen LogP contribution in [-0.2, 0) is 9.53 Å². The van der Waals surface area contributed by atoms with Gasteiger partial charge in [0.05, 0.1) is 12.5 Å². The van der Waals surface area contributed by atoms with E-state index < -0.39 is 0 Å². The van der Waals surface area contributed by atoms with Gasteiger partial charge in [-0.1, -0.05) is 48.7 Å². The molecule has 0 radical (unpaired) electrons. The number of carbonyl (C=O) groups is 1. The highest BCUT2D eigenvalue weighted by Gasteiger charge is 2.41. The molecule has 3 rings (SSSR count). The fourth-order valence-corrected chi connectivity index (χ4v) is 3.85. The molecule has 0 spiro atoms. The third-order valence-electron chi connectivity index (χ3n) is 5.16. The van der Waals surface area contributed by atoms with E-state index >= 15 is 0 Å². The second kappa shape index (κ2) is 6.25. The smallest absolute Gasteiger partial charge is 0.231 e. The number of benzene rings is 1. The molecule has 1 saturated carbocycles. The van der Waals surface area contributed by atoms with Gasteiger partial charge in [0.1, 0.15) is 0 Å². The summed E-state index contributed by atoms with van der Waals surface area (Å²) in [5.74, 6) is 0.127. The quantitative estimate of drug-likeness (QED) is 0.874. The van der Waals surface area contributed by atoms with Crippen molar-refractivity contribution in [2.24, 2.45) is 11.3 Å². The fraction of sp³-hybridized carbons (Fsp3) is 0.526. The van der Waals surface area contributed by atoms with Crippen molar-refractivity contribution < 1.29 is 9.53 Å². The van der Waals surface area contributed by atoms with Crippen LogP contribution < -0.4 is 5.32 Å². The van der Waals surface area contributed by atoms with Crippen LogP contribution in [0.25, 0.3) is 5.57 Å². The van der Waals surface area contributed by atoms with Gasteiger partial charge in [0.2, 0.25) is 5.91 Å². The van der Waals surface area contributed by atoms with Gasteiger partial charge in [0.25, 0.3) is 0 Å². The summed E-state index contributed by atoms with van der Waals surface area (Å²) >= 11 is 0. The molecule has 3 nitrogen and oxygen atoms in total. The molecule has 1 aromatic carbocycles. The maximum absolute atomic E-state index is 12.5. The Labute approximate surface area is 132 Å². The first kappa shape index (κ1) is 15.3. The van der Waals surface area contributed by atoms with Gasteiger partial charge >= 0.3 is 0 Å². The number of hydrogen-bond donors (Lipinski definition) is 1. The molecule has 1 aromatic rings. The number of ether oxygens (including phenoxy) is 1. The Bertz CT molecular complexity index is 570. The molecule has 0 saturated heterocycles. The zero-order chi connectivity index (χ0) is 15.6. The Balaban J connectivity index is 1.58. The van der Waals surface area contributed by atoms with E-state index in [4.69, 9.17) is 4.74 Å². The van der Waals surface area contributed by atoms with Crippen LogP contribution in [0.2, 0.25) is 0 Å². The second-order valence-corrected chi connectivity index (χ2v) is 6.75. The van der Waals surface area contributed by atoms with Gasteiger partial charge < -0.3 is 10.1 Å². The van der Waals surface area contributed by atoms with Gasteiger partial charge in [-0.05, 0) is 30.9 Å². The highest BCUT2D eigenvalue weighted by Crippen LogP contribution is 2.47. The van der Waals surface area contributed by atoms with Crippen molar-refractivity contribution in [2.75, 3.05) is 20.3 Å². The lowest BCUT2D eigenvalue weighted by molar-refractivity contribution is -0.122. The van der Waals surface area contributed by atoms with Crippen LogP contribution in [0.4, 0.5) is 0 Å². The van der Waals surface area contributed by atoms with E-state index in [0.717, 1.165) is 26.0 Å². The SMILES string of the molecule is COCC1(CNC(=O)[C@@H]2C(C)=C2c2ccccc2)CCCC1. The number of rotatable bonds is 6. The molecule has 2 aliphatic rings. The summed E-state index contributed by atoms with van der Waals surface area (Å²) in [5, 5.41) is 3.18. The number of amides is 1. The molecule has 1 amide bonds. The molecule has 0 bridgehead atoms. The lowest BCUT2D eigenvalue weighted by Gasteiger charge is -2.28. The summed E-state index contributed by atoms with van der Waals surface area (Å²) in [6.45, 7) is 3.55. The van der Waals surface area contributed by atoms with Crippen molar-refractivity contribution in [1.29, 1.82) is 0 Å². The van der Waals surface area contributed by atoms with Crippen molar-refractivity contribution in [1.82, 2.24) is 5.32 Å². The van der Waals surface area contributed by atoms with Gasteiger partial charge in [0.15, 0.2) is 0 Å². The first-order valence-corrected chi connectivity index (χ1v) is 8.20. The normalized spacial score (nSPS) is 22.7. The molecule has 1 fully saturated rings. The first-order valence-electron chi connectivity index (χ1n) is 8.20. The summed E-state index contributed by atoms with van der Waals surface area (Å²) in [4.78, 5) is 12.5. The van der Waals surface area contributed by atoms with E-state index in [0.29, 0.717) is 0 Å². The van der Waals surface area contributed by atoms with Crippen LogP contribution in [0.15, 0.2) is 35.9 Å². The monoisotopic (exact) mass is 299 g/mol. The summed E-state index contributed by atoms with van der Waals surface area (Å²) < 4.78 is 5.39. The van der Waals surface area contributed by atoms with Crippen LogP contribution in [0, 0.1) is 11.3 Å². The highest BCUT2D eigenvalue weighted by atomic mass is 16.5. The second-order valence-electron chi connectivity index (χ2n) is 6.75. The minimum atomic E-state index is -0.0246. The van der Waals surface area contributed by atoms with Crippen LogP contribution in [0.1, 0.15) is 38.2 Å². The molecule has 22 heavy (non-hydrogen) atoms. The Morgan fingerprint density at radius 3 is 2.59 bits per heavy atom. The van der Waals surface area contributed by atoms with Crippen molar-refractivity contribution in [3.63, 3.8) is 0 Å². The van der Waals surface area contributed by atoms with Crippen molar-refractivity contribution in [2.45, 2.75) is 32.6 Å². The number of hydrogen-bond acceptors (Lipinski definition) is 2. The summed E-state index contributed by atoms with van der Waals surface area (Å²) in [6, 6.07) is 10.2. The molecule has 3 heteroatoms. The van der Waals surface area contributed by atoms with E-state index in [9.17, 15) is 4.79 Å². The van der Waals surface area contributed by atoms with Gasteiger partial charge in [-0.3, -0.25) is 4.79 Å². The molecule has 1 N–H and O–H groups in total. The van der Waals surface area contributed by atoms with E-state index in [1.54, 1.807) is 7.11 Å². The van der Waals surface area contributed by atoms with E-state index in [1.807, 2.05) is 18.2 Å². The molecule has 0 aromatic heterocycles. The van der Waals surface area contributed by atoms with Crippen LogP contribution in [0.3, 0.4) is 0 Å². The molecular weight excluding hydrogens is 274 g/mol. The van der Waals surface area contributed by atoms with Gasteiger partial charge in [-0.2, -0.15) is 0 Å². The molecule has 1 atom stereocenters. The zero-order valence-corrected chi connectivity index (χ0v) is 13.5. The van der Waals surface area contributed by atoms with Gasteiger partial charge in [0, 0.05) is 19.1 Å². The molecule has 118 valence electrons. The Hall–Kier alpha value is -1.61. The fourth-order valence-electron chi connectivity index (χ4n) is 3.85. The van der Waals surface area contributed by atoms with Gasteiger partial charge in [-0.25, -0.2) is 0 Å². The standard InChI is InChI=1S/C19H25NO2/c1-14-16(15-8-4-3-5-9-15)17(14)18(21)20-12-19(13-22-2)10-6-7-11-19/h3-5,8-9,17H,6-7,10-13H2,1-2H3,(H,20,21)/t17-/m1/s1. The third kappa shape index (κ3) is 2.95. The van der Waals surface area contributed by atoms with Crippen LogP contribution >= 0.6 is 0 Å². The van der Waals surface area contributed by atoms with E-state index in [1.165, 1.54) is 29.6 Å². The molecule has 0 heterocycles. The maximum Gasteiger partial charge on any atom is 0.231 e. The zero-order valence-electron chi connectivity index (χ0n) is 13.5. The lowest BCUT2D eigenvalue weighted by Crippen LogP contribution is -2.39. The Kier molecular flexibility index (Phi) is 4.34. The molecule has 0 aliphatic heterocycles. The maximum atomic E-state index is 12.5. The third-order valence-corrected chi connectivity index (χ3v) is 5.16. The molecular formula is C19H25NO2. The Morgan fingerprint density at radius 1 is 1.27 bits per heavy atom. The number of nitrogens with one attached hydrogen (secondary N) is 1. The van der Waals surface area contributed by atoms with E-state index in [2.05, 4.69) is 24.4 Å². The summed E-state index contributed by atoms with van der Waals surface area (Å²) in [7, 11) is 1.75. The van der Waals surface area contributed by atoms with Crippen LogP contribution in [-0.4, -0.2) is 26.2 Å². The predicted molar refractivity (Wildman–Crippen MR) is 88.3 cm³/mol. The van der Waals surface area contributed by atoms with Crippen molar-refractivity contribution in [3.05, 3.63) is 41.5 Å². The van der Waals surface area contributed by atoms with Crippen molar-refractivity contribution in [3.8, 4) is 0 Å². The average molecular weight is 299 g/mol. The first-order chi connectivity index (χ1) is 10.7. The summed E-state index contributed by atoms with van der Waals surface area (Å²) in [6.07, 6.45) is 4.80. The lowest BCUT2D eigenvalue weighted by atomic mass is 9.87. The minimum Gasteiger partial charge on any atom is -0.384 e. The topological polar surface area (TPSA) is 38.3 Å². The van der Waals surface area contributed by atoms with Gasteiger partial charge in [-0.15, -0.1) is 0 Å². The number of carbonyl (C=O) groups excluding carboxylic acids is 1. The number of methoxy groups -OCH3 is 1. The predicted octanol–water partition coefficient (Wildman–Crippen LogP) is 3.41. The highest BCUT2D eigenvalue weighted by molar-refractivity contribution is 6.05. The van der Waals surface area contributed by atoms with Crippen molar-refractivity contribution >= 4 is 11.5 Å². The average Bonchev–Trinajstić information content (AvgIpc) is 2.99. The largest absolute Gasteiger partial charge is 0.384 e. The Morgan fingerprint density at radius 2 is 1.95 bits per heavy atom. The van der Waals surface area contributed by atoms with E-state index in [-0.39, 0.29) is 17.2 Å².